The van der Waals surface area contributed by atoms with E-state index in [1.54, 1.807) is 6.20 Å². The lowest BCUT2D eigenvalue weighted by molar-refractivity contribution is -0.140. The summed E-state index contributed by atoms with van der Waals surface area (Å²) in [6.45, 7) is 0.632. The Morgan fingerprint density at radius 3 is 3.11 bits per heavy atom. The number of hydrogen-bond donors (Lipinski definition) is 1. The van der Waals surface area contributed by atoms with Crippen LogP contribution in [0.4, 0.5) is 5.13 Å². The molecule has 0 unspecified atom stereocenters. The van der Waals surface area contributed by atoms with Gasteiger partial charge in [0.15, 0.2) is 5.13 Å². The summed E-state index contributed by atoms with van der Waals surface area (Å²) in [6, 6.07) is 0. The molecule has 2 rings (SSSR count). The van der Waals surface area contributed by atoms with Crippen LogP contribution in [0.1, 0.15) is 17.9 Å². The number of rotatable bonds is 6. The second-order valence-electron chi connectivity index (χ2n) is 4.03. The zero-order valence-electron chi connectivity index (χ0n) is 10.9. The first kappa shape index (κ1) is 13.5. The van der Waals surface area contributed by atoms with Crippen LogP contribution in [0.3, 0.4) is 0 Å². The lowest BCUT2D eigenvalue weighted by Gasteiger charge is -2.02. The van der Waals surface area contributed by atoms with Crippen molar-refractivity contribution in [1.82, 2.24) is 14.5 Å². The number of esters is 1. The number of ether oxygens (including phenoxy) is 1. The summed E-state index contributed by atoms with van der Waals surface area (Å²) in [4.78, 5) is 19.7. The van der Waals surface area contributed by atoms with Gasteiger partial charge < -0.3 is 14.6 Å². The SMILES string of the molecule is COC(=O)CCc1csc(NCc2nccn2C)n1. The maximum Gasteiger partial charge on any atom is 0.305 e. The first-order valence-corrected chi connectivity index (χ1v) is 6.78. The van der Waals surface area contributed by atoms with Crippen molar-refractivity contribution in [2.75, 3.05) is 12.4 Å². The normalized spacial score (nSPS) is 10.4. The zero-order chi connectivity index (χ0) is 13.7. The predicted molar refractivity (Wildman–Crippen MR) is 73.0 cm³/mol. The molecule has 0 saturated heterocycles. The number of aromatic nitrogens is 3. The minimum absolute atomic E-state index is 0.212. The van der Waals surface area contributed by atoms with Crippen LogP contribution in [0.15, 0.2) is 17.8 Å². The van der Waals surface area contributed by atoms with Crippen molar-refractivity contribution in [3.05, 3.63) is 29.3 Å². The number of imidazole rings is 1. The van der Waals surface area contributed by atoms with E-state index in [1.165, 1.54) is 18.4 Å². The van der Waals surface area contributed by atoms with Crippen LogP contribution >= 0.6 is 11.3 Å². The Hall–Kier alpha value is -1.89. The van der Waals surface area contributed by atoms with Gasteiger partial charge in [0.1, 0.15) is 5.82 Å². The molecule has 0 fully saturated rings. The monoisotopic (exact) mass is 280 g/mol. The van der Waals surface area contributed by atoms with Crippen LogP contribution < -0.4 is 5.32 Å². The molecule has 1 N–H and O–H groups in total. The van der Waals surface area contributed by atoms with Crippen LogP contribution in [0.2, 0.25) is 0 Å². The van der Waals surface area contributed by atoms with Gasteiger partial charge in [0.2, 0.25) is 0 Å². The van der Waals surface area contributed by atoms with Gasteiger partial charge in [-0.1, -0.05) is 0 Å². The number of nitrogens with zero attached hydrogens (tertiary/aromatic N) is 3. The van der Waals surface area contributed by atoms with Gasteiger partial charge in [-0.25, -0.2) is 9.97 Å². The minimum atomic E-state index is -0.212. The summed E-state index contributed by atoms with van der Waals surface area (Å²) in [5.41, 5.74) is 0.901. The van der Waals surface area contributed by atoms with Crippen molar-refractivity contribution in [3.8, 4) is 0 Å². The van der Waals surface area contributed by atoms with E-state index in [0.717, 1.165) is 16.6 Å². The van der Waals surface area contributed by atoms with Gasteiger partial charge in [-0.15, -0.1) is 11.3 Å². The highest BCUT2D eigenvalue weighted by molar-refractivity contribution is 7.13. The summed E-state index contributed by atoms with van der Waals surface area (Å²) >= 11 is 1.53. The summed E-state index contributed by atoms with van der Waals surface area (Å²) < 4.78 is 6.56. The van der Waals surface area contributed by atoms with E-state index >= 15 is 0 Å². The molecule has 6 nitrogen and oxygen atoms in total. The second-order valence-corrected chi connectivity index (χ2v) is 4.89. The van der Waals surface area contributed by atoms with Gasteiger partial charge in [-0.3, -0.25) is 4.79 Å². The molecule has 2 heterocycles. The van der Waals surface area contributed by atoms with E-state index in [0.29, 0.717) is 19.4 Å². The van der Waals surface area contributed by atoms with E-state index in [1.807, 2.05) is 23.2 Å². The van der Waals surface area contributed by atoms with Crippen molar-refractivity contribution >= 4 is 22.4 Å². The molecule has 102 valence electrons. The molecule has 0 aliphatic heterocycles. The van der Waals surface area contributed by atoms with Crippen molar-refractivity contribution in [2.24, 2.45) is 7.05 Å². The Kier molecular flexibility index (Phi) is 4.51. The highest BCUT2D eigenvalue weighted by atomic mass is 32.1. The first-order valence-electron chi connectivity index (χ1n) is 5.90. The van der Waals surface area contributed by atoms with Gasteiger partial charge >= 0.3 is 5.97 Å². The lowest BCUT2D eigenvalue weighted by atomic mass is 10.2. The molecule has 0 amide bonds. The zero-order valence-corrected chi connectivity index (χ0v) is 11.7. The van der Waals surface area contributed by atoms with Gasteiger partial charge in [0.25, 0.3) is 0 Å². The number of methoxy groups -OCH3 is 1. The fraction of sp³-hybridized carbons (Fsp3) is 0.417. The number of thiazole rings is 1. The molecule has 0 aliphatic rings. The van der Waals surface area contributed by atoms with Crippen molar-refractivity contribution in [2.45, 2.75) is 19.4 Å². The fourth-order valence-corrected chi connectivity index (χ4v) is 2.30. The maximum absolute atomic E-state index is 11.0. The highest BCUT2D eigenvalue weighted by Crippen LogP contribution is 2.17. The molecule has 2 aromatic heterocycles. The molecule has 2 aromatic rings. The molecular formula is C12H16N4O2S. The van der Waals surface area contributed by atoms with E-state index in [4.69, 9.17) is 0 Å². The molecular weight excluding hydrogens is 264 g/mol. The smallest absolute Gasteiger partial charge is 0.305 e. The maximum atomic E-state index is 11.0. The van der Waals surface area contributed by atoms with E-state index < -0.39 is 0 Å². The largest absolute Gasteiger partial charge is 0.469 e. The molecule has 0 aromatic carbocycles. The number of anilines is 1. The van der Waals surface area contributed by atoms with Crippen LogP contribution in [0, 0.1) is 0 Å². The topological polar surface area (TPSA) is 69.0 Å². The first-order chi connectivity index (χ1) is 9.19. The van der Waals surface area contributed by atoms with E-state index in [9.17, 15) is 4.79 Å². The summed E-state index contributed by atoms with van der Waals surface area (Å²) in [5, 5.41) is 6.00. The molecule has 0 bridgehead atoms. The van der Waals surface area contributed by atoms with Gasteiger partial charge in [0.05, 0.1) is 25.8 Å². The quantitative estimate of drug-likeness (QED) is 0.814. The number of carbonyl (C=O) groups excluding carboxylic acids is 1. The van der Waals surface area contributed by atoms with Gasteiger partial charge in [-0.05, 0) is 0 Å². The molecule has 0 radical (unpaired) electrons. The van der Waals surface area contributed by atoms with E-state index in [-0.39, 0.29) is 5.97 Å². The fourth-order valence-electron chi connectivity index (χ4n) is 1.56. The highest BCUT2D eigenvalue weighted by Gasteiger charge is 2.06. The number of hydrogen-bond acceptors (Lipinski definition) is 6. The third-order valence-electron chi connectivity index (χ3n) is 2.68. The van der Waals surface area contributed by atoms with Gasteiger partial charge in [-0.2, -0.15) is 0 Å². The molecule has 0 saturated carbocycles. The van der Waals surface area contributed by atoms with E-state index in [2.05, 4.69) is 20.0 Å². The third kappa shape index (κ3) is 3.78. The number of aryl methyl sites for hydroxylation is 2. The Bertz CT molecular complexity index is 549. The molecule has 7 heteroatoms. The van der Waals surface area contributed by atoms with Crippen molar-refractivity contribution in [3.63, 3.8) is 0 Å². The summed E-state index contributed by atoms with van der Waals surface area (Å²) in [5.74, 6) is 0.738. The molecule has 0 atom stereocenters. The number of carbonyl (C=O) groups is 1. The molecule has 0 spiro atoms. The Morgan fingerprint density at radius 1 is 1.58 bits per heavy atom. The minimum Gasteiger partial charge on any atom is -0.469 e. The van der Waals surface area contributed by atoms with Gasteiger partial charge in [0, 0.05) is 31.2 Å². The average Bonchev–Trinajstić information content (AvgIpc) is 3.02. The number of nitrogens with one attached hydrogen (secondary N) is 1. The average molecular weight is 280 g/mol. The second kappa shape index (κ2) is 6.33. The molecule has 0 aliphatic carbocycles. The summed E-state index contributed by atoms with van der Waals surface area (Å²) in [6.07, 6.45) is 4.63. The molecule has 19 heavy (non-hydrogen) atoms. The van der Waals surface area contributed by atoms with Crippen LogP contribution in [0.25, 0.3) is 0 Å². The standard InChI is InChI=1S/C12H16N4O2S/c1-16-6-5-13-10(16)7-14-12-15-9(8-19-12)3-4-11(17)18-2/h5-6,8H,3-4,7H2,1-2H3,(H,14,15). The van der Waals surface area contributed by atoms with Crippen LogP contribution in [-0.2, 0) is 29.5 Å². The Labute approximate surface area is 115 Å². The van der Waals surface area contributed by atoms with Crippen molar-refractivity contribution in [1.29, 1.82) is 0 Å². The third-order valence-corrected chi connectivity index (χ3v) is 3.53. The van der Waals surface area contributed by atoms with Crippen molar-refractivity contribution < 1.29 is 9.53 Å². The summed E-state index contributed by atoms with van der Waals surface area (Å²) in [7, 11) is 3.34. The Balaban J connectivity index is 1.84. The van der Waals surface area contributed by atoms with Crippen LogP contribution in [0.5, 0.6) is 0 Å². The predicted octanol–water partition coefficient (Wildman–Crippen LogP) is 1.59. The van der Waals surface area contributed by atoms with Crippen LogP contribution in [-0.4, -0.2) is 27.6 Å². The Morgan fingerprint density at radius 2 is 2.42 bits per heavy atom. The lowest BCUT2D eigenvalue weighted by Crippen LogP contribution is -2.05.